The molecule has 0 aliphatic carbocycles. The Morgan fingerprint density at radius 3 is 2.62 bits per heavy atom. The van der Waals surface area contributed by atoms with Gasteiger partial charge in [-0.25, -0.2) is 4.57 Å². The number of rotatable bonds is 7. The first-order chi connectivity index (χ1) is 6.17. The zero-order valence-electron chi connectivity index (χ0n) is 7.47. The average molecular weight is 207 g/mol. The first kappa shape index (κ1) is 12.5. The normalized spacial score (nSPS) is 15.5. The molecule has 0 radical (unpaired) electrons. The molecule has 0 heterocycles. The summed E-state index contributed by atoms with van der Waals surface area (Å²) < 4.78 is 14.9. The highest BCUT2D eigenvalue weighted by Crippen LogP contribution is 2.19. The summed E-state index contributed by atoms with van der Waals surface area (Å²) >= 11 is 0. The van der Waals surface area contributed by atoms with E-state index in [1.165, 1.54) is 0 Å². The van der Waals surface area contributed by atoms with Crippen molar-refractivity contribution in [2.24, 2.45) is 11.7 Å². The fourth-order valence-corrected chi connectivity index (χ4v) is 1.51. The molecule has 13 heavy (non-hydrogen) atoms. The maximum atomic E-state index is 10.7. The van der Waals surface area contributed by atoms with Crippen LogP contribution in [0.1, 0.15) is 19.8 Å². The van der Waals surface area contributed by atoms with Crippen molar-refractivity contribution in [3.63, 3.8) is 0 Å². The van der Waals surface area contributed by atoms with Crippen LogP contribution in [0.5, 0.6) is 0 Å². The molecule has 2 atom stereocenters. The van der Waals surface area contributed by atoms with E-state index >= 15 is 0 Å². The molecular weight excluding hydrogens is 193 g/mol. The summed E-state index contributed by atoms with van der Waals surface area (Å²) in [5.41, 5.74) is 5.27. The molecule has 0 spiro atoms. The van der Waals surface area contributed by atoms with Gasteiger partial charge in [-0.15, -0.1) is 0 Å². The molecule has 0 aromatic carbocycles. The van der Waals surface area contributed by atoms with Crippen molar-refractivity contribution in [2.75, 3.05) is 6.54 Å². The fraction of sp³-hybridized carbons (Fsp3) is 0.857. The lowest BCUT2D eigenvalue weighted by molar-refractivity contribution is -0.145. The maximum Gasteiger partial charge on any atom is 0.327 e. The Morgan fingerprint density at radius 1 is 1.69 bits per heavy atom. The van der Waals surface area contributed by atoms with Crippen molar-refractivity contribution < 1.29 is 19.0 Å². The van der Waals surface area contributed by atoms with Gasteiger partial charge < -0.3 is 10.8 Å². The Hall–Kier alpha value is -0.510. The minimum atomic E-state index is -0.940. The summed E-state index contributed by atoms with van der Waals surface area (Å²) in [6, 6.07) is 0. The second-order valence-corrected chi connectivity index (χ2v) is 3.01. The third-order valence-corrected chi connectivity index (χ3v) is 2.19. The van der Waals surface area contributed by atoms with E-state index in [0.29, 0.717) is 19.4 Å². The van der Waals surface area contributed by atoms with E-state index in [9.17, 15) is 9.36 Å². The summed E-state index contributed by atoms with van der Waals surface area (Å²) in [5.74, 6) is -1.57. The molecule has 5 nitrogen and oxygen atoms in total. The highest BCUT2D eigenvalue weighted by Gasteiger charge is 2.26. The fourth-order valence-electron chi connectivity index (χ4n) is 1.14. The van der Waals surface area contributed by atoms with Crippen molar-refractivity contribution in [3.05, 3.63) is 0 Å². The molecule has 0 aliphatic rings. The van der Waals surface area contributed by atoms with E-state index in [4.69, 9.17) is 15.4 Å². The van der Waals surface area contributed by atoms with Gasteiger partial charge in [0.25, 0.3) is 0 Å². The Bertz CT molecular complexity index is 176. The van der Waals surface area contributed by atoms with Crippen LogP contribution < -0.4 is 5.73 Å². The van der Waals surface area contributed by atoms with Gasteiger partial charge in [0.05, 0.1) is 12.0 Å². The number of nitrogens with two attached hydrogens (primary N) is 1. The number of carboxylic acids is 1. The Balaban J connectivity index is 4.27. The topological polar surface area (TPSA) is 89.6 Å². The molecule has 0 aliphatic heterocycles. The van der Waals surface area contributed by atoms with E-state index in [0.717, 1.165) is 0 Å². The molecule has 3 N–H and O–H groups in total. The number of carboxylic acid groups (broad SMARTS) is 1. The van der Waals surface area contributed by atoms with Crippen LogP contribution in [0.25, 0.3) is 0 Å². The van der Waals surface area contributed by atoms with Gasteiger partial charge in [0.15, 0.2) is 0 Å². The van der Waals surface area contributed by atoms with E-state index < -0.39 is 26.7 Å². The Kier molecular flexibility index (Phi) is 6.68. The monoisotopic (exact) mass is 207 g/mol. The standard InChI is InChI=1S/C7H14NO4P/c1-2-5(7(9)10)6(3-4-8)12-13-11/h5-6H,2-4,8H2,1H3,(H,9,10). The number of carbonyl (C=O) groups is 1. The first-order valence-corrected chi connectivity index (χ1v) is 4.81. The van der Waals surface area contributed by atoms with E-state index in [1.807, 2.05) is 0 Å². The second-order valence-electron chi connectivity index (χ2n) is 2.65. The number of hydrogen-bond donors (Lipinski definition) is 2. The van der Waals surface area contributed by atoms with Crippen LogP contribution in [0, 0.1) is 5.92 Å². The summed E-state index contributed by atoms with van der Waals surface area (Å²) in [4.78, 5) is 10.7. The van der Waals surface area contributed by atoms with Gasteiger partial charge in [0, 0.05) is 0 Å². The van der Waals surface area contributed by atoms with Crippen molar-refractivity contribution in [1.29, 1.82) is 0 Å². The van der Waals surface area contributed by atoms with Gasteiger partial charge in [-0.05, 0) is 19.4 Å². The van der Waals surface area contributed by atoms with Crippen LogP contribution in [-0.2, 0) is 13.9 Å². The predicted octanol–water partition coefficient (Wildman–Crippen LogP) is 1.04. The SMILES string of the molecule is CCC(C(=O)O)C(CCN)OP=O. The van der Waals surface area contributed by atoms with Crippen molar-refractivity contribution >= 4 is 14.7 Å². The molecule has 0 saturated heterocycles. The molecule has 76 valence electrons. The lowest BCUT2D eigenvalue weighted by Gasteiger charge is -2.18. The molecule has 0 saturated carbocycles. The van der Waals surface area contributed by atoms with Gasteiger partial charge in [-0.3, -0.25) is 9.32 Å². The van der Waals surface area contributed by atoms with Crippen molar-refractivity contribution in [2.45, 2.75) is 25.9 Å². The lowest BCUT2D eigenvalue weighted by atomic mass is 9.97. The van der Waals surface area contributed by atoms with E-state index in [2.05, 4.69) is 0 Å². The Morgan fingerprint density at radius 2 is 2.31 bits per heavy atom. The van der Waals surface area contributed by atoms with Crippen molar-refractivity contribution in [1.82, 2.24) is 0 Å². The zero-order chi connectivity index (χ0) is 10.3. The van der Waals surface area contributed by atoms with Crippen molar-refractivity contribution in [3.8, 4) is 0 Å². The van der Waals surface area contributed by atoms with E-state index in [1.54, 1.807) is 6.92 Å². The van der Waals surface area contributed by atoms with Gasteiger partial charge in [0.1, 0.15) is 0 Å². The predicted molar refractivity (Wildman–Crippen MR) is 47.6 cm³/mol. The highest BCUT2D eigenvalue weighted by atomic mass is 31.1. The molecule has 0 bridgehead atoms. The molecule has 0 fully saturated rings. The largest absolute Gasteiger partial charge is 0.481 e. The van der Waals surface area contributed by atoms with E-state index in [-0.39, 0.29) is 0 Å². The molecule has 2 unspecified atom stereocenters. The van der Waals surface area contributed by atoms with Crippen LogP contribution >= 0.6 is 8.69 Å². The highest BCUT2D eigenvalue weighted by molar-refractivity contribution is 7.17. The molecule has 0 aromatic rings. The zero-order valence-corrected chi connectivity index (χ0v) is 8.37. The molecular formula is C7H14NO4P. The van der Waals surface area contributed by atoms with Crippen LogP contribution in [0.4, 0.5) is 0 Å². The maximum absolute atomic E-state index is 10.7. The van der Waals surface area contributed by atoms with Crippen LogP contribution in [-0.4, -0.2) is 23.7 Å². The van der Waals surface area contributed by atoms with Gasteiger partial charge in [-0.2, -0.15) is 0 Å². The second kappa shape index (κ2) is 6.95. The minimum Gasteiger partial charge on any atom is -0.481 e. The third kappa shape index (κ3) is 4.31. The average Bonchev–Trinajstić information content (AvgIpc) is 2.05. The smallest absolute Gasteiger partial charge is 0.327 e. The molecule has 0 aromatic heterocycles. The molecule has 6 heteroatoms. The van der Waals surface area contributed by atoms with Gasteiger partial charge in [-0.1, -0.05) is 6.92 Å². The molecule has 0 amide bonds. The summed E-state index contributed by atoms with van der Waals surface area (Å²) in [5, 5.41) is 8.77. The molecule has 0 rings (SSSR count). The first-order valence-electron chi connectivity index (χ1n) is 4.08. The van der Waals surface area contributed by atoms with Gasteiger partial charge in [0.2, 0.25) is 0 Å². The Labute approximate surface area is 78.5 Å². The summed E-state index contributed by atoms with van der Waals surface area (Å²) in [6.45, 7) is 2.07. The van der Waals surface area contributed by atoms with Crippen LogP contribution in [0.2, 0.25) is 0 Å². The summed E-state index contributed by atoms with van der Waals surface area (Å²) in [7, 11) is -0.495. The lowest BCUT2D eigenvalue weighted by Crippen LogP contribution is -2.30. The van der Waals surface area contributed by atoms with Crippen LogP contribution in [0.3, 0.4) is 0 Å². The number of aliphatic carboxylic acids is 1. The van der Waals surface area contributed by atoms with Crippen LogP contribution in [0.15, 0.2) is 0 Å². The van der Waals surface area contributed by atoms with Gasteiger partial charge >= 0.3 is 14.7 Å². The third-order valence-electron chi connectivity index (χ3n) is 1.84. The number of hydrogen-bond acceptors (Lipinski definition) is 4. The summed E-state index contributed by atoms with van der Waals surface area (Å²) in [6.07, 6.45) is 0.280. The minimum absolute atomic E-state index is 0.323. The quantitative estimate of drug-likeness (QED) is 0.608.